The molecule has 0 spiro atoms. The van der Waals surface area contributed by atoms with E-state index in [1.54, 1.807) is 18.2 Å². The van der Waals surface area contributed by atoms with Crippen LogP contribution in [0.2, 0.25) is 0 Å². The molecule has 0 unspecified atom stereocenters. The van der Waals surface area contributed by atoms with Crippen LogP contribution < -0.4 is 10.0 Å². The van der Waals surface area contributed by atoms with E-state index in [9.17, 15) is 13.2 Å². The smallest absolute Gasteiger partial charge is 0.248 e. The van der Waals surface area contributed by atoms with E-state index in [2.05, 4.69) is 20.0 Å². The van der Waals surface area contributed by atoms with Gasteiger partial charge >= 0.3 is 0 Å². The topological polar surface area (TPSA) is 104 Å². The first-order chi connectivity index (χ1) is 15.0. The Morgan fingerprint density at radius 2 is 1.68 bits per heavy atom. The molecule has 8 heteroatoms. The molecule has 3 N–H and O–H groups in total. The SMILES string of the molecule is CNS(=O)(=O)c1ccc(/C=C/C(=O)Nc2ccccc2-c2nc3ccccc3[nH]2)cc1. The number of carbonyl (C=O) groups excluding carboxylic acids is 1. The summed E-state index contributed by atoms with van der Waals surface area (Å²) in [5.74, 6) is 0.359. The van der Waals surface area contributed by atoms with Gasteiger partial charge in [0.1, 0.15) is 5.82 Å². The quantitative estimate of drug-likeness (QED) is 0.403. The van der Waals surface area contributed by atoms with Crippen LogP contribution in [0.1, 0.15) is 5.56 Å². The zero-order valence-electron chi connectivity index (χ0n) is 16.7. The van der Waals surface area contributed by atoms with Gasteiger partial charge in [0.15, 0.2) is 0 Å². The number of aromatic amines is 1. The van der Waals surface area contributed by atoms with E-state index in [1.165, 1.54) is 25.3 Å². The number of benzene rings is 3. The Morgan fingerprint density at radius 3 is 2.42 bits per heavy atom. The summed E-state index contributed by atoms with van der Waals surface area (Å²) in [5, 5.41) is 2.88. The van der Waals surface area contributed by atoms with Crippen LogP contribution in [0.3, 0.4) is 0 Å². The number of nitrogens with one attached hydrogen (secondary N) is 3. The molecule has 3 aromatic carbocycles. The number of amides is 1. The number of fused-ring (bicyclic) bond motifs is 1. The molecule has 0 radical (unpaired) electrons. The lowest BCUT2D eigenvalue weighted by Crippen LogP contribution is -2.18. The van der Waals surface area contributed by atoms with Crippen molar-refractivity contribution in [3.8, 4) is 11.4 Å². The highest BCUT2D eigenvalue weighted by Gasteiger charge is 2.12. The summed E-state index contributed by atoms with van der Waals surface area (Å²) in [4.78, 5) is 20.5. The van der Waals surface area contributed by atoms with Crippen molar-refractivity contribution in [3.05, 3.63) is 84.4 Å². The molecule has 0 aliphatic carbocycles. The lowest BCUT2D eigenvalue weighted by Gasteiger charge is -2.07. The Kier molecular flexibility index (Phi) is 5.66. The number of hydrogen-bond acceptors (Lipinski definition) is 4. The fraction of sp³-hybridized carbons (Fsp3) is 0.0435. The number of nitrogens with zero attached hydrogens (tertiary/aromatic N) is 1. The highest BCUT2D eigenvalue weighted by Crippen LogP contribution is 2.27. The second kappa shape index (κ2) is 8.55. The number of aromatic nitrogens is 2. The summed E-state index contributed by atoms with van der Waals surface area (Å²) in [7, 11) is -2.13. The van der Waals surface area contributed by atoms with Gasteiger partial charge in [-0.2, -0.15) is 0 Å². The van der Waals surface area contributed by atoms with E-state index in [0.29, 0.717) is 17.1 Å². The largest absolute Gasteiger partial charge is 0.338 e. The highest BCUT2D eigenvalue weighted by molar-refractivity contribution is 7.89. The molecule has 156 valence electrons. The van der Waals surface area contributed by atoms with Crippen LogP contribution >= 0.6 is 0 Å². The maximum absolute atomic E-state index is 12.5. The maximum Gasteiger partial charge on any atom is 0.248 e. The first kappa shape index (κ1) is 20.5. The number of H-pyrrole nitrogens is 1. The van der Waals surface area contributed by atoms with Crippen molar-refractivity contribution in [3.63, 3.8) is 0 Å². The summed E-state index contributed by atoms with van der Waals surface area (Å²) < 4.78 is 25.8. The van der Waals surface area contributed by atoms with Crippen LogP contribution in [0.4, 0.5) is 5.69 Å². The summed E-state index contributed by atoms with van der Waals surface area (Å²) in [6.45, 7) is 0. The third-order valence-electron chi connectivity index (χ3n) is 4.72. The van der Waals surface area contributed by atoms with Crippen molar-refractivity contribution in [2.75, 3.05) is 12.4 Å². The molecule has 4 rings (SSSR count). The van der Waals surface area contributed by atoms with Crippen molar-refractivity contribution in [1.82, 2.24) is 14.7 Å². The molecule has 31 heavy (non-hydrogen) atoms. The Morgan fingerprint density at radius 1 is 0.968 bits per heavy atom. The predicted octanol–water partition coefficient (Wildman–Crippen LogP) is 3.79. The Bertz CT molecular complexity index is 1340. The van der Waals surface area contributed by atoms with E-state index in [-0.39, 0.29) is 10.8 Å². The minimum atomic E-state index is -3.49. The maximum atomic E-state index is 12.5. The highest BCUT2D eigenvalue weighted by atomic mass is 32.2. The number of para-hydroxylation sites is 3. The van der Waals surface area contributed by atoms with E-state index in [0.717, 1.165) is 16.6 Å². The van der Waals surface area contributed by atoms with Crippen molar-refractivity contribution in [2.24, 2.45) is 0 Å². The minimum Gasteiger partial charge on any atom is -0.338 e. The molecule has 0 saturated carbocycles. The number of rotatable bonds is 6. The molecule has 0 aliphatic heterocycles. The molecule has 0 bridgehead atoms. The Hall–Kier alpha value is -3.75. The van der Waals surface area contributed by atoms with Gasteiger partial charge in [-0.25, -0.2) is 18.1 Å². The fourth-order valence-electron chi connectivity index (χ4n) is 3.10. The number of imidazole rings is 1. The number of anilines is 1. The summed E-state index contributed by atoms with van der Waals surface area (Å²) >= 11 is 0. The van der Waals surface area contributed by atoms with Crippen molar-refractivity contribution >= 4 is 38.7 Å². The van der Waals surface area contributed by atoms with Gasteiger partial charge in [-0.3, -0.25) is 4.79 Å². The standard InChI is InChI=1S/C23H20N4O3S/c1-24-31(29,30)17-13-10-16(11-14-17)12-15-22(28)25-19-7-3-2-6-18(19)23-26-20-8-4-5-9-21(20)27-23/h2-15,24H,1H3,(H,25,28)(H,26,27)/b15-12+. The van der Waals surface area contributed by atoms with E-state index < -0.39 is 10.0 Å². The van der Waals surface area contributed by atoms with Gasteiger partial charge in [-0.05, 0) is 55.1 Å². The minimum absolute atomic E-state index is 0.163. The van der Waals surface area contributed by atoms with Crippen LogP contribution in [-0.2, 0) is 14.8 Å². The average molecular weight is 433 g/mol. The Balaban J connectivity index is 1.52. The lowest BCUT2D eigenvalue weighted by molar-refractivity contribution is -0.111. The molecule has 4 aromatic rings. The number of carbonyl (C=O) groups is 1. The summed E-state index contributed by atoms with van der Waals surface area (Å²) in [6.07, 6.45) is 3.02. The molecular formula is C23H20N4O3S. The van der Waals surface area contributed by atoms with E-state index >= 15 is 0 Å². The predicted molar refractivity (Wildman–Crippen MR) is 122 cm³/mol. The molecule has 1 amide bonds. The number of sulfonamides is 1. The Labute approximate surface area is 179 Å². The molecule has 0 atom stereocenters. The van der Waals surface area contributed by atoms with Crippen molar-refractivity contribution < 1.29 is 13.2 Å². The van der Waals surface area contributed by atoms with Gasteiger partial charge in [0.25, 0.3) is 0 Å². The summed E-state index contributed by atoms with van der Waals surface area (Å²) in [5.41, 5.74) is 3.88. The molecule has 1 heterocycles. The van der Waals surface area contributed by atoms with Crippen LogP contribution in [-0.4, -0.2) is 31.3 Å². The van der Waals surface area contributed by atoms with Crippen LogP contribution in [0.15, 0.2) is 83.8 Å². The zero-order chi connectivity index (χ0) is 21.8. The first-order valence-corrected chi connectivity index (χ1v) is 11.0. The van der Waals surface area contributed by atoms with Crippen LogP contribution in [0, 0.1) is 0 Å². The monoisotopic (exact) mass is 432 g/mol. The van der Waals surface area contributed by atoms with Crippen LogP contribution in [0.25, 0.3) is 28.5 Å². The number of hydrogen-bond donors (Lipinski definition) is 3. The fourth-order valence-corrected chi connectivity index (χ4v) is 3.83. The summed E-state index contributed by atoms with van der Waals surface area (Å²) in [6, 6.07) is 21.4. The van der Waals surface area contributed by atoms with E-state index in [1.807, 2.05) is 48.5 Å². The average Bonchev–Trinajstić information content (AvgIpc) is 3.22. The third-order valence-corrected chi connectivity index (χ3v) is 6.15. The van der Waals surface area contributed by atoms with Gasteiger partial charge in [0.2, 0.25) is 15.9 Å². The lowest BCUT2D eigenvalue weighted by atomic mass is 10.1. The van der Waals surface area contributed by atoms with Gasteiger partial charge < -0.3 is 10.3 Å². The second-order valence-corrected chi connectivity index (χ2v) is 8.63. The zero-order valence-corrected chi connectivity index (χ0v) is 17.5. The molecule has 0 saturated heterocycles. The second-order valence-electron chi connectivity index (χ2n) is 6.75. The molecule has 0 aliphatic rings. The molecule has 7 nitrogen and oxygen atoms in total. The van der Waals surface area contributed by atoms with Gasteiger partial charge in [0, 0.05) is 11.6 Å². The van der Waals surface area contributed by atoms with E-state index in [4.69, 9.17) is 0 Å². The molecule has 1 aromatic heterocycles. The van der Waals surface area contributed by atoms with Crippen LogP contribution in [0.5, 0.6) is 0 Å². The molecule has 0 fully saturated rings. The van der Waals surface area contributed by atoms with Gasteiger partial charge in [0.05, 0.1) is 21.6 Å². The molecular weight excluding hydrogens is 412 g/mol. The normalized spacial score (nSPS) is 11.8. The first-order valence-electron chi connectivity index (χ1n) is 9.53. The van der Waals surface area contributed by atoms with Crippen molar-refractivity contribution in [2.45, 2.75) is 4.90 Å². The van der Waals surface area contributed by atoms with Crippen molar-refractivity contribution in [1.29, 1.82) is 0 Å². The third kappa shape index (κ3) is 4.55. The van der Waals surface area contributed by atoms with Gasteiger partial charge in [-0.1, -0.05) is 36.4 Å². The van der Waals surface area contributed by atoms with Gasteiger partial charge in [-0.15, -0.1) is 0 Å².